The van der Waals surface area contributed by atoms with Crippen LogP contribution in [0.3, 0.4) is 0 Å². The van der Waals surface area contributed by atoms with Crippen molar-refractivity contribution in [3.63, 3.8) is 0 Å². The van der Waals surface area contributed by atoms with Crippen LogP contribution in [0.5, 0.6) is 11.8 Å². The third-order valence-electron chi connectivity index (χ3n) is 0.979. The summed E-state index contributed by atoms with van der Waals surface area (Å²) in [5.41, 5.74) is -0.702. The third kappa shape index (κ3) is 1.62. The highest BCUT2D eigenvalue weighted by atomic mass is 31.0. The second-order valence-corrected chi connectivity index (χ2v) is 2.23. The number of hydrogen-bond acceptors (Lipinski definition) is 4. The molecule has 1 aromatic heterocycles. The molecule has 1 unspecified atom stereocenters. The molecule has 0 radical (unpaired) electrons. The van der Waals surface area contributed by atoms with Gasteiger partial charge in [-0.25, -0.2) is 4.79 Å². The number of carbonyl (C=O) groups is 1. The van der Waals surface area contributed by atoms with Gasteiger partial charge in [0, 0.05) is 12.1 Å². The normalized spacial score (nSPS) is 9.55. The Morgan fingerprint density at radius 3 is 2.27 bits per heavy atom. The molecule has 0 amide bonds. The van der Waals surface area contributed by atoms with Gasteiger partial charge in [-0.05, 0) is 9.24 Å². The first-order valence-electron chi connectivity index (χ1n) is 2.68. The topological polar surface area (TPSA) is 71.7 Å². The Balaban J connectivity index is 2.92. The lowest BCUT2D eigenvalue weighted by atomic mass is 10.6. The van der Waals surface area contributed by atoms with Gasteiger partial charge in [-0.2, -0.15) is 0 Å². The minimum atomic E-state index is -0.702. The van der Waals surface area contributed by atoms with Crippen molar-refractivity contribution < 1.29 is 19.8 Å². The van der Waals surface area contributed by atoms with Gasteiger partial charge in [0.25, 0.3) is 0 Å². The standard InChI is InChI=1S/C5H6NO4P/c7-3-1-2-4(8)6(3)10-5(9)11/h1-2,7-8H,11H2. The van der Waals surface area contributed by atoms with Crippen LogP contribution in [0, 0.1) is 0 Å². The number of rotatable bonds is 1. The number of carbonyl (C=O) groups excluding carboxylic acids is 1. The number of nitrogens with zero attached hydrogens (tertiary/aromatic N) is 1. The van der Waals surface area contributed by atoms with Crippen molar-refractivity contribution in [3.8, 4) is 11.8 Å². The summed E-state index contributed by atoms with van der Waals surface area (Å²) in [5, 5.41) is 17.8. The van der Waals surface area contributed by atoms with Gasteiger partial charge in [0.15, 0.2) is 0 Å². The molecule has 0 saturated carbocycles. The van der Waals surface area contributed by atoms with Gasteiger partial charge in [-0.1, -0.05) is 0 Å². The van der Waals surface area contributed by atoms with E-state index in [0.717, 1.165) is 0 Å². The van der Waals surface area contributed by atoms with E-state index in [9.17, 15) is 4.79 Å². The van der Waals surface area contributed by atoms with Crippen molar-refractivity contribution in [2.45, 2.75) is 0 Å². The molecule has 5 nitrogen and oxygen atoms in total. The summed E-state index contributed by atoms with van der Waals surface area (Å²) in [6.07, 6.45) is 0. The first kappa shape index (κ1) is 7.88. The van der Waals surface area contributed by atoms with E-state index >= 15 is 0 Å². The van der Waals surface area contributed by atoms with Crippen molar-refractivity contribution in [3.05, 3.63) is 12.1 Å². The molecule has 11 heavy (non-hydrogen) atoms. The SMILES string of the molecule is O=C(P)On1c(O)ccc1O. The highest BCUT2D eigenvalue weighted by Gasteiger charge is 2.07. The average molecular weight is 175 g/mol. The highest BCUT2D eigenvalue weighted by molar-refractivity contribution is 7.39. The first-order chi connectivity index (χ1) is 5.11. The molecule has 1 aromatic rings. The van der Waals surface area contributed by atoms with Gasteiger partial charge in [-0.15, -0.1) is 4.73 Å². The van der Waals surface area contributed by atoms with Crippen molar-refractivity contribution in [1.29, 1.82) is 0 Å². The molecule has 0 fully saturated rings. The van der Waals surface area contributed by atoms with Crippen LogP contribution in [0.4, 0.5) is 4.79 Å². The molecule has 0 aliphatic rings. The average Bonchev–Trinajstić information content (AvgIpc) is 2.18. The molecule has 2 N–H and O–H groups in total. The Kier molecular flexibility index (Phi) is 2.01. The van der Waals surface area contributed by atoms with E-state index in [1.54, 1.807) is 9.24 Å². The van der Waals surface area contributed by atoms with Gasteiger partial charge < -0.3 is 15.1 Å². The molecule has 1 heterocycles. The number of aromatic nitrogens is 1. The Morgan fingerprint density at radius 1 is 1.45 bits per heavy atom. The largest absolute Gasteiger partial charge is 0.492 e. The Hall–Kier alpha value is -1.22. The van der Waals surface area contributed by atoms with Crippen LogP contribution < -0.4 is 4.84 Å². The summed E-state index contributed by atoms with van der Waals surface area (Å²) >= 11 is 0. The van der Waals surface area contributed by atoms with Crippen LogP contribution in [0.25, 0.3) is 0 Å². The molecule has 1 rings (SSSR count). The Labute approximate surface area is 64.4 Å². The summed E-state index contributed by atoms with van der Waals surface area (Å²) in [5.74, 6) is -0.670. The lowest BCUT2D eigenvalue weighted by Gasteiger charge is -2.02. The summed E-state index contributed by atoms with van der Waals surface area (Å²) in [6, 6.07) is 2.39. The van der Waals surface area contributed by atoms with E-state index in [0.29, 0.717) is 4.73 Å². The summed E-state index contributed by atoms with van der Waals surface area (Å²) in [4.78, 5) is 14.7. The van der Waals surface area contributed by atoms with E-state index in [1.807, 2.05) is 0 Å². The van der Waals surface area contributed by atoms with Gasteiger partial charge >= 0.3 is 5.71 Å². The second-order valence-electron chi connectivity index (χ2n) is 1.75. The predicted octanol–water partition coefficient (Wildman–Crippen LogP) is 0.323. The fourth-order valence-corrected chi connectivity index (χ4v) is 0.691. The molecular formula is C5H6NO4P. The van der Waals surface area contributed by atoms with Crippen molar-refractivity contribution in [2.24, 2.45) is 0 Å². The molecule has 0 saturated heterocycles. The highest BCUT2D eigenvalue weighted by Crippen LogP contribution is 2.18. The summed E-state index contributed by atoms with van der Waals surface area (Å²) < 4.78 is 0.606. The van der Waals surface area contributed by atoms with Crippen LogP contribution in [0.1, 0.15) is 0 Å². The summed E-state index contributed by atoms with van der Waals surface area (Å²) in [7, 11) is 1.74. The van der Waals surface area contributed by atoms with Crippen LogP contribution in [0.15, 0.2) is 12.1 Å². The molecule has 6 heteroatoms. The molecule has 0 aromatic carbocycles. The van der Waals surface area contributed by atoms with Gasteiger partial charge in [-0.3, -0.25) is 0 Å². The van der Waals surface area contributed by atoms with Crippen molar-refractivity contribution in [2.75, 3.05) is 0 Å². The third-order valence-corrected chi connectivity index (χ3v) is 1.08. The molecule has 60 valence electrons. The zero-order chi connectivity index (χ0) is 8.43. The smallest absolute Gasteiger partial charge is 0.345 e. The fourth-order valence-electron chi connectivity index (χ4n) is 0.585. The monoisotopic (exact) mass is 175 g/mol. The number of aromatic hydroxyl groups is 2. The Bertz CT molecular complexity index is 263. The van der Waals surface area contributed by atoms with Gasteiger partial charge in [0.1, 0.15) is 0 Å². The van der Waals surface area contributed by atoms with E-state index < -0.39 is 5.71 Å². The maximum Gasteiger partial charge on any atom is 0.345 e. The maximum atomic E-state index is 10.3. The van der Waals surface area contributed by atoms with Crippen LogP contribution >= 0.6 is 9.24 Å². The first-order valence-corrected chi connectivity index (χ1v) is 3.26. The molecule has 0 aliphatic carbocycles. The summed E-state index contributed by atoms with van der Waals surface area (Å²) in [6.45, 7) is 0. The van der Waals surface area contributed by atoms with Crippen molar-refractivity contribution >= 4 is 15.0 Å². The zero-order valence-corrected chi connectivity index (χ0v) is 6.54. The molecule has 0 spiro atoms. The van der Waals surface area contributed by atoms with Crippen molar-refractivity contribution in [1.82, 2.24) is 4.73 Å². The van der Waals surface area contributed by atoms with Gasteiger partial charge in [0.05, 0.1) is 0 Å². The van der Waals surface area contributed by atoms with Gasteiger partial charge in [0.2, 0.25) is 11.8 Å². The van der Waals surface area contributed by atoms with E-state index in [4.69, 9.17) is 10.2 Å². The molecule has 1 atom stereocenters. The lowest BCUT2D eigenvalue weighted by molar-refractivity contribution is 0.131. The zero-order valence-electron chi connectivity index (χ0n) is 5.39. The van der Waals surface area contributed by atoms with Crippen LogP contribution in [-0.2, 0) is 0 Å². The molecule has 0 aliphatic heterocycles. The quantitative estimate of drug-likeness (QED) is 0.603. The van der Waals surface area contributed by atoms with Crippen LogP contribution in [-0.4, -0.2) is 20.7 Å². The lowest BCUT2D eigenvalue weighted by Crippen LogP contribution is -2.11. The predicted molar refractivity (Wildman–Crippen MR) is 39.4 cm³/mol. The molecular weight excluding hydrogens is 169 g/mol. The Morgan fingerprint density at radius 2 is 1.91 bits per heavy atom. The fraction of sp³-hybridized carbons (Fsp3) is 0. The van der Waals surface area contributed by atoms with E-state index in [2.05, 4.69) is 4.84 Å². The van der Waals surface area contributed by atoms with E-state index in [-0.39, 0.29) is 11.8 Å². The molecule has 0 bridgehead atoms. The minimum absolute atomic E-state index is 0.335. The van der Waals surface area contributed by atoms with Crippen LogP contribution in [0.2, 0.25) is 0 Å². The van der Waals surface area contributed by atoms with E-state index in [1.165, 1.54) is 12.1 Å². The number of hydrogen-bond donors (Lipinski definition) is 2. The second kappa shape index (κ2) is 2.80. The minimum Gasteiger partial charge on any atom is -0.492 e. The maximum absolute atomic E-state index is 10.3.